The molecule has 1 amide bonds. The fraction of sp³-hybridized carbons (Fsp3) is 0.617. The van der Waals surface area contributed by atoms with E-state index in [0.717, 1.165) is 6.92 Å². The predicted octanol–water partition coefficient (Wildman–Crippen LogP) is 2.64. The van der Waals surface area contributed by atoms with E-state index < -0.39 is 150 Å². The number of rotatable bonds is 13. The van der Waals surface area contributed by atoms with Gasteiger partial charge >= 0.3 is 35.9 Å². The zero-order valence-electron chi connectivity index (χ0n) is 38.2. The van der Waals surface area contributed by atoms with Crippen LogP contribution in [0, 0.1) is 28.6 Å². The number of hydrogen-bond donors (Lipinski definition) is 6. The Labute approximate surface area is 382 Å². The highest BCUT2D eigenvalue weighted by Crippen LogP contribution is 2.66. The van der Waals surface area contributed by atoms with E-state index in [9.17, 15) is 49.2 Å². The molecular weight excluding hydrogens is 867 g/mol. The summed E-state index contributed by atoms with van der Waals surface area (Å²) >= 11 is 0. The lowest BCUT2D eigenvalue weighted by Gasteiger charge is -2.70. The van der Waals surface area contributed by atoms with E-state index in [1.165, 1.54) is 31.2 Å². The van der Waals surface area contributed by atoms with Crippen LogP contribution in [0.3, 0.4) is 0 Å². The summed E-state index contributed by atoms with van der Waals surface area (Å²) in [5, 5.41) is 62.4. The first-order valence-corrected chi connectivity index (χ1v) is 21.9. The van der Waals surface area contributed by atoms with Gasteiger partial charge in [0.2, 0.25) is 6.10 Å². The Bertz CT molecular complexity index is 2130. The number of aliphatic hydroxyl groups excluding tert-OH is 3. The Balaban J connectivity index is 1.49. The van der Waals surface area contributed by atoms with E-state index >= 15 is 0 Å². The molecular formula is C47H61NO18. The van der Waals surface area contributed by atoms with E-state index in [1.807, 2.05) is 0 Å². The summed E-state index contributed by atoms with van der Waals surface area (Å²) < 4.78 is 40.7. The Hall–Kier alpha value is -5.18. The molecule has 362 valence electrons. The molecule has 3 saturated carbocycles. The topological polar surface area (TPSA) is 280 Å². The second-order valence-corrected chi connectivity index (χ2v) is 19.6. The highest BCUT2D eigenvalue weighted by molar-refractivity contribution is 5.89. The van der Waals surface area contributed by atoms with Crippen LogP contribution in [0.2, 0.25) is 0 Å². The fourth-order valence-electron chi connectivity index (χ4n) is 10.9. The largest absolute Gasteiger partial charge is 0.480 e. The first kappa shape index (κ1) is 50.2. The van der Waals surface area contributed by atoms with Gasteiger partial charge in [-0.25, -0.2) is 24.0 Å². The van der Waals surface area contributed by atoms with Crippen molar-refractivity contribution in [2.75, 3.05) is 19.8 Å². The molecule has 2 aromatic carbocycles. The molecule has 6 rings (SSSR count). The van der Waals surface area contributed by atoms with Crippen LogP contribution in [-0.2, 0) is 52.3 Å². The highest BCUT2D eigenvalue weighted by Gasteiger charge is 2.79. The van der Waals surface area contributed by atoms with E-state index in [-0.39, 0.29) is 24.2 Å². The first-order valence-electron chi connectivity index (χ1n) is 21.9. The maximum atomic E-state index is 14.9. The Morgan fingerprint density at radius 3 is 2.09 bits per heavy atom. The number of ether oxygens (including phenoxy) is 7. The average molecular weight is 928 g/mol. The Morgan fingerprint density at radius 1 is 0.909 bits per heavy atom. The van der Waals surface area contributed by atoms with Crippen LogP contribution in [0.5, 0.6) is 0 Å². The molecule has 1 unspecified atom stereocenters. The minimum Gasteiger partial charge on any atom is -0.480 e. The normalized spacial score (nSPS) is 34.2. The summed E-state index contributed by atoms with van der Waals surface area (Å²) in [7, 11) is 0. The number of nitrogens with one attached hydrogen (secondary N) is 1. The van der Waals surface area contributed by atoms with Crippen molar-refractivity contribution in [3.05, 3.63) is 71.8 Å². The van der Waals surface area contributed by atoms with Crippen LogP contribution in [0.1, 0.15) is 90.2 Å². The lowest BCUT2D eigenvalue weighted by atomic mass is 9.42. The standard InChI is InChI=1S/C47H61NO18/c1-24-28(62-41(57)36(63-32(53)22-60-21-31(51)52)34(26-15-11-9-12-16-26)48-42(58)66-43(3,4)5)20-47(59)39(64-40(56)27-17-13-10-14-18-27)37-45(8,38(55)35(54)33(24)44(47,6)7)29(50)19-30-46(37,23-61-30)65-25(2)49/h9-18,24,28-30,33-39,50,54-55,59H,19-23H2,1-8H3,(H,48,58)(H,51,52)/t24-,28+,29+,30-,33?,34+,35-,36-,37+,38-,39+,45-,46+,47-/m1/s1. The number of amides is 1. The van der Waals surface area contributed by atoms with Gasteiger partial charge in [-0.2, -0.15) is 0 Å². The average Bonchev–Trinajstić information content (AvgIpc) is 3.23. The highest BCUT2D eigenvalue weighted by atomic mass is 16.6. The molecule has 2 bridgehead atoms. The summed E-state index contributed by atoms with van der Waals surface area (Å²) in [6, 6.07) is 14.2. The molecule has 3 aliphatic carbocycles. The number of esters is 4. The third-order valence-corrected chi connectivity index (χ3v) is 14.0. The lowest BCUT2D eigenvalue weighted by Crippen LogP contribution is -2.83. The molecule has 2 aromatic rings. The van der Waals surface area contributed by atoms with Crippen LogP contribution in [0.25, 0.3) is 0 Å². The molecule has 0 radical (unpaired) electrons. The summed E-state index contributed by atoms with van der Waals surface area (Å²) in [6.07, 6.45) is -13.2. The van der Waals surface area contributed by atoms with Crippen molar-refractivity contribution >= 4 is 35.9 Å². The van der Waals surface area contributed by atoms with Crippen molar-refractivity contribution in [1.29, 1.82) is 0 Å². The number of benzene rings is 2. The molecule has 14 atom stereocenters. The number of alkyl carbamates (subject to hydrolysis) is 1. The zero-order valence-corrected chi connectivity index (χ0v) is 38.2. The van der Waals surface area contributed by atoms with Gasteiger partial charge in [-0.05, 0) is 44.4 Å². The summed E-state index contributed by atoms with van der Waals surface area (Å²) in [5.41, 5.74) is -8.24. The molecule has 0 spiro atoms. The van der Waals surface area contributed by atoms with Gasteiger partial charge in [-0.1, -0.05) is 76.2 Å². The lowest BCUT2D eigenvalue weighted by molar-refractivity contribution is -0.379. The van der Waals surface area contributed by atoms with Crippen LogP contribution in [0.4, 0.5) is 4.79 Å². The predicted molar refractivity (Wildman–Crippen MR) is 227 cm³/mol. The smallest absolute Gasteiger partial charge is 0.408 e. The SMILES string of the molecule is CC(=O)O[C@@]12CO[C@@H]1C[C@H](O)[C@@]1(C)[C@H](O)[C@H](O)C3[C@H](C)[C@@H](OC(=O)[C@H](OC(=O)COCC(=O)O)[C@@H](NC(=O)OC(C)(C)C)c4ccccc4)C[C@@](O)([C@@H](OC(=O)c4ccccc4)[C@H]21)C3(C)C. The van der Waals surface area contributed by atoms with Gasteiger partial charge in [-0.3, -0.25) is 4.79 Å². The molecule has 19 nitrogen and oxygen atoms in total. The van der Waals surface area contributed by atoms with Crippen LogP contribution >= 0.6 is 0 Å². The Kier molecular flexibility index (Phi) is 14.3. The number of hydrogen-bond acceptors (Lipinski definition) is 17. The number of aliphatic hydroxyl groups is 4. The number of carboxylic acid groups (broad SMARTS) is 1. The van der Waals surface area contributed by atoms with E-state index in [4.69, 9.17) is 38.3 Å². The Morgan fingerprint density at radius 2 is 1.53 bits per heavy atom. The van der Waals surface area contributed by atoms with Crippen molar-refractivity contribution < 1.29 is 87.5 Å². The minimum atomic E-state index is -2.37. The summed E-state index contributed by atoms with van der Waals surface area (Å²) in [5.74, 6) is -9.27. The number of carbonyl (C=O) groups is 6. The van der Waals surface area contributed by atoms with E-state index in [0.29, 0.717) is 0 Å². The monoisotopic (exact) mass is 927 g/mol. The minimum absolute atomic E-state index is 0.0627. The molecule has 66 heavy (non-hydrogen) atoms. The zero-order chi connectivity index (χ0) is 48.7. The first-order chi connectivity index (χ1) is 30.8. The fourth-order valence-corrected chi connectivity index (χ4v) is 10.9. The molecule has 1 saturated heterocycles. The molecule has 1 heterocycles. The third-order valence-electron chi connectivity index (χ3n) is 14.0. The summed E-state index contributed by atoms with van der Waals surface area (Å²) in [4.78, 5) is 80.0. The van der Waals surface area contributed by atoms with Gasteiger partial charge in [0.1, 0.15) is 48.8 Å². The van der Waals surface area contributed by atoms with Crippen LogP contribution in [0.15, 0.2) is 60.7 Å². The van der Waals surface area contributed by atoms with Crippen LogP contribution in [-0.4, -0.2) is 141 Å². The quantitative estimate of drug-likeness (QED) is 0.124. The molecule has 4 fully saturated rings. The van der Waals surface area contributed by atoms with Gasteiger partial charge < -0.3 is 64.0 Å². The van der Waals surface area contributed by atoms with Gasteiger partial charge in [-0.15, -0.1) is 0 Å². The van der Waals surface area contributed by atoms with Gasteiger partial charge in [0.25, 0.3) is 0 Å². The second kappa shape index (κ2) is 18.8. The number of fused-ring (bicyclic) bond motifs is 5. The summed E-state index contributed by atoms with van der Waals surface area (Å²) in [6.45, 7) is 10.1. The van der Waals surface area contributed by atoms with Gasteiger partial charge in [0.15, 0.2) is 5.60 Å². The third kappa shape index (κ3) is 9.38. The number of carbonyl (C=O) groups excluding carboxylic acids is 5. The van der Waals surface area contributed by atoms with E-state index in [1.54, 1.807) is 77.9 Å². The van der Waals surface area contributed by atoms with Gasteiger partial charge in [0.05, 0.1) is 36.4 Å². The molecule has 1 aliphatic heterocycles. The number of carboxylic acids is 1. The molecule has 6 N–H and O–H groups in total. The van der Waals surface area contributed by atoms with E-state index in [2.05, 4.69) is 5.32 Å². The van der Waals surface area contributed by atoms with Crippen molar-refractivity contribution in [1.82, 2.24) is 5.32 Å². The number of aliphatic carboxylic acids is 1. The molecule has 4 aliphatic rings. The van der Waals surface area contributed by atoms with Crippen molar-refractivity contribution in [2.45, 2.75) is 134 Å². The second-order valence-electron chi connectivity index (χ2n) is 19.6. The molecule has 0 aromatic heterocycles. The van der Waals surface area contributed by atoms with Crippen LogP contribution < -0.4 is 5.32 Å². The van der Waals surface area contributed by atoms with Crippen molar-refractivity contribution in [3.63, 3.8) is 0 Å². The van der Waals surface area contributed by atoms with Crippen molar-refractivity contribution in [2.24, 2.45) is 28.6 Å². The van der Waals surface area contributed by atoms with Crippen molar-refractivity contribution in [3.8, 4) is 0 Å². The maximum absolute atomic E-state index is 14.9. The maximum Gasteiger partial charge on any atom is 0.408 e. The van der Waals surface area contributed by atoms with Gasteiger partial charge in [0, 0.05) is 36.5 Å². The molecule has 19 heteroatoms.